The van der Waals surface area contributed by atoms with Crippen molar-refractivity contribution in [2.45, 2.75) is 0 Å². The van der Waals surface area contributed by atoms with Crippen LogP contribution in [0.25, 0.3) is 11.1 Å². The van der Waals surface area contributed by atoms with E-state index in [0.29, 0.717) is 11.1 Å². The normalized spacial score (nSPS) is 9.56. The number of benzene rings is 2. The molecular weight excluding hydrogens is 234 g/mol. The van der Waals surface area contributed by atoms with Gasteiger partial charge in [0.15, 0.2) is 5.82 Å². The molecule has 4 heteroatoms. The van der Waals surface area contributed by atoms with Gasteiger partial charge in [-0.25, -0.2) is 8.78 Å². The van der Waals surface area contributed by atoms with Crippen molar-refractivity contribution < 1.29 is 8.78 Å². The van der Waals surface area contributed by atoms with Crippen LogP contribution in [0.1, 0.15) is 11.1 Å². The van der Waals surface area contributed by atoms with Crippen LogP contribution < -0.4 is 0 Å². The zero-order valence-corrected chi connectivity index (χ0v) is 9.11. The Balaban J connectivity index is 2.64. The van der Waals surface area contributed by atoms with Gasteiger partial charge in [-0.3, -0.25) is 0 Å². The molecule has 0 aliphatic heterocycles. The van der Waals surface area contributed by atoms with Crippen molar-refractivity contribution in [3.63, 3.8) is 0 Å². The smallest absolute Gasteiger partial charge is 0.151 e. The average Bonchev–Trinajstić information content (AvgIpc) is 2.40. The van der Waals surface area contributed by atoms with E-state index in [1.165, 1.54) is 24.3 Å². The van der Waals surface area contributed by atoms with Gasteiger partial charge in [0.05, 0.1) is 22.8 Å². The molecule has 0 spiro atoms. The molecule has 0 amide bonds. The lowest BCUT2D eigenvalue weighted by Gasteiger charge is -2.06. The lowest BCUT2D eigenvalue weighted by atomic mass is 10.0. The van der Waals surface area contributed by atoms with E-state index in [0.717, 1.165) is 12.1 Å². The summed E-state index contributed by atoms with van der Waals surface area (Å²) in [6.45, 7) is 0. The van der Waals surface area contributed by atoms with Gasteiger partial charge in [-0.15, -0.1) is 0 Å². The maximum absolute atomic E-state index is 13.9. The fourth-order valence-electron chi connectivity index (χ4n) is 1.61. The zero-order valence-electron chi connectivity index (χ0n) is 9.11. The highest BCUT2D eigenvalue weighted by molar-refractivity contribution is 5.67. The fourth-order valence-corrected chi connectivity index (χ4v) is 1.61. The van der Waals surface area contributed by atoms with Crippen LogP contribution in [-0.4, -0.2) is 0 Å². The Bertz CT molecular complexity index is 677. The first-order chi connectivity index (χ1) is 8.67. The van der Waals surface area contributed by atoms with E-state index in [4.69, 9.17) is 10.5 Å². The summed E-state index contributed by atoms with van der Waals surface area (Å²) >= 11 is 0. The first-order valence-corrected chi connectivity index (χ1v) is 5.06. The molecule has 0 aromatic heterocycles. The number of nitrogens with zero attached hydrogens (tertiary/aromatic N) is 2. The molecule has 0 aliphatic carbocycles. The first kappa shape index (κ1) is 11.8. The second-order valence-corrected chi connectivity index (χ2v) is 3.58. The number of hydrogen-bond acceptors (Lipinski definition) is 2. The van der Waals surface area contributed by atoms with Crippen molar-refractivity contribution in [3.8, 4) is 23.3 Å². The number of halogens is 2. The highest BCUT2D eigenvalue weighted by atomic mass is 19.1. The highest BCUT2D eigenvalue weighted by Crippen LogP contribution is 2.28. The molecule has 2 nitrogen and oxygen atoms in total. The summed E-state index contributed by atoms with van der Waals surface area (Å²) in [6, 6.07) is 11.5. The van der Waals surface area contributed by atoms with E-state index in [1.807, 2.05) is 6.07 Å². The van der Waals surface area contributed by atoms with Crippen LogP contribution >= 0.6 is 0 Å². The van der Waals surface area contributed by atoms with Gasteiger partial charge >= 0.3 is 0 Å². The van der Waals surface area contributed by atoms with Crippen molar-refractivity contribution in [1.82, 2.24) is 0 Å². The summed E-state index contributed by atoms with van der Waals surface area (Å²) < 4.78 is 27.5. The summed E-state index contributed by atoms with van der Waals surface area (Å²) in [7, 11) is 0. The molecule has 2 rings (SSSR count). The molecule has 18 heavy (non-hydrogen) atoms. The van der Waals surface area contributed by atoms with Gasteiger partial charge in [-0.05, 0) is 29.8 Å². The highest BCUT2D eigenvalue weighted by Gasteiger charge is 2.15. The molecule has 0 unspecified atom stereocenters. The van der Waals surface area contributed by atoms with Crippen LogP contribution in [0.5, 0.6) is 0 Å². The Morgan fingerprint density at radius 2 is 1.50 bits per heavy atom. The summed E-state index contributed by atoms with van der Waals surface area (Å²) in [6.07, 6.45) is 0. The van der Waals surface area contributed by atoms with Gasteiger partial charge in [-0.1, -0.05) is 12.1 Å². The molecule has 0 radical (unpaired) electrons. The Morgan fingerprint density at radius 1 is 0.833 bits per heavy atom. The molecule has 0 atom stereocenters. The predicted molar refractivity (Wildman–Crippen MR) is 61.2 cm³/mol. The lowest BCUT2D eigenvalue weighted by molar-refractivity contribution is 0.587. The molecule has 0 N–H and O–H groups in total. The van der Waals surface area contributed by atoms with Crippen LogP contribution in [0.2, 0.25) is 0 Å². The van der Waals surface area contributed by atoms with Gasteiger partial charge in [0.25, 0.3) is 0 Å². The van der Waals surface area contributed by atoms with Crippen LogP contribution in [0.3, 0.4) is 0 Å². The number of rotatable bonds is 1. The Kier molecular flexibility index (Phi) is 3.03. The maximum atomic E-state index is 13.9. The van der Waals surface area contributed by atoms with Gasteiger partial charge in [0.1, 0.15) is 11.9 Å². The molecular formula is C14H6F2N2. The molecule has 0 heterocycles. The first-order valence-electron chi connectivity index (χ1n) is 5.06. The topological polar surface area (TPSA) is 47.6 Å². The molecule has 2 aromatic rings. The summed E-state index contributed by atoms with van der Waals surface area (Å²) in [4.78, 5) is 0. The summed E-state index contributed by atoms with van der Waals surface area (Å²) in [5.41, 5.74) is 0.228. The molecule has 0 aliphatic rings. The third-order valence-electron chi connectivity index (χ3n) is 2.51. The van der Waals surface area contributed by atoms with E-state index in [9.17, 15) is 8.78 Å². The molecule has 0 saturated heterocycles. The Morgan fingerprint density at radius 3 is 2.06 bits per heavy atom. The van der Waals surface area contributed by atoms with Gasteiger partial charge in [-0.2, -0.15) is 10.5 Å². The third-order valence-corrected chi connectivity index (χ3v) is 2.51. The summed E-state index contributed by atoms with van der Waals surface area (Å²) in [5, 5.41) is 17.4. The van der Waals surface area contributed by atoms with Crippen molar-refractivity contribution in [1.29, 1.82) is 10.5 Å². The second-order valence-electron chi connectivity index (χ2n) is 3.58. The summed E-state index contributed by atoms with van der Waals surface area (Å²) in [5.74, 6) is -1.63. The van der Waals surface area contributed by atoms with Crippen LogP contribution in [0.15, 0.2) is 36.4 Å². The molecule has 0 bridgehead atoms. The Labute approximate surface area is 102 Å². The monoisotopic (exact) mass is 240 g/mol. The SMILES string of the molecule is N#Cc1ccc(-c2c(F)ccc(C#N)c2F)cc1. The average molecular weight is 240 g/mol. The number of nitriles is 2. The quantitative estimate of drug-likeness (QED) is 0.767. The minimum absolute atomic E-state index is 0.212. The van der Waals surface area contributed by atoms with E-state index in [1.54, 1.807) is 6.07 Å². The Hall–Kier alpha value is -2.72. The minimum atomic E-state index is -0.887. The predicted octanol–water partition coefficient (Wildman–Crippen LogP) is 3.38. The molecule has 0 saturated carbocycles. The second kappa shape index (κ2) is 4.65. The van der Waals surface area contributed by atoms with E-state index in [2.05, 4.69) is 0 Å². The number of hydrogen-bond donors (Lipinski definition) is 0. The zero-order chi connectivity index (χ0) is 13.1. The minimum Gasteiger partial charge on any atom is -0.206 e. The largest absolute Gasteiger partial charge is 0.206 e. The standard InChI is InChI=1S/C14H6F2N2/c15-12-6-5-11(8-18)14(16)13(12)10-3-1-9(7-17)2-4-10/h1-6H. The van der Waals surface area contributed by atoms with Crippen LogP contribution in [0, 0.1) is 34.3 Å². The van der Waals surface area contributed by atoms with Crippen molar-refractivity contribution >= 4 is 0 Å². The van der Waals surface area contributed by atoms with Gasteiger partial charge < -0.3 is 0 Å². The van der Waals surface area contributed by atoms with E-state index < -0.39 is 11.6 Å². The van der Waals surface area contributed by atoms with Crippen LogP contribution in [0.4, 0.5) is 8.78 Å². The van der Waals surface area contributed by atoms with Gasteiger partial charge in [0.2, 0.25) is 0 Å². The van der Waals surface area contributed by atoms with Crippen LogP contribution in [-0.2, 0) is 0 Å². The third kappa shape index (κ3) is 1.92. The maximum Gasteiger partial charge on any atom is 0.151 e. The van der Waals surface area contributed by atoms with Crippen molar-refractivity contribution in [3.05, 3.63) is 59.2 Å². The fraction of sp³-hybridized carbons (Fsp3) is 0. The van der Waals surface area contributed by atoms with E-state index in [-0.39, 0.29) is 11.1 Å². The lowest BCUT2D eigenvalue weighted by Crippen LogP contribution is -1.94. The molecule has 2 aromatic carbocycles. The molecule has 86 valence electrons. The van der Waals surface area contributed by atoms with Crippen molar-refractivity contribution in [2.75, 3.05) is 0 Å². The van der Waals surface area contributed by atoms with Crippen molar-refractivity contribution in [2.24, 2.45) is 0 Å². The van der Waals surface area contributed by atoms with Gasteiger partial charge in [0, 0.05) is 0 Å². The van der Waals surface area contributed by atoms with E-state index >= 15 is 0 Å². The molecule has 0 fully saturated rings.